The van der Waals surface area contributed by atoms with Crippen LogP contribution < -0.4 is 15.5 Å². The van der Waals surface area contributed by atoms with Gasteiger partial charge in [0.05, 0.1) is 27.2 Å². The summed E-state index contributed by atoms with van der Waals surface area (Å²) in [6.07, 6.45) is 2.88. The predicted octanol–water partition coefficient (Wildman–Crippen LogP) is 6.42. The van der Waals surface area contributed by atoms with Crippen molar-refractivity contribution in [3.63, 3.8) is 0 Å². The molecule has 1 unspecified atom stereocenters. The van der Waals surface area contributed by atoms with Crippen LogP contribution in [0.5, 0.6) is 0 Å². The van der Waals surface area contributed by atoms with Crippen LogP contribution >= 0.6 is 35.0 Å². The number of halogens is 2. The van der Waals surface area contributed by atoms with Crippen molar-refractivity contribution in [2.75, 3.05) is 10.2 Å². The minimum atomic E-state index is -0.664. The maximum Gasteiger partial charge on any atom is 0.272 e. The van der Waals surface area contributed by atoms with Crippen molar-refractivity contribution in [2.24, 2.45) is 0 Å². The third kappa shape index (κ3) is 6.71. The van der Waals surface area contributed by atoms with Crippen molar-refractivity contribution >= 4 is 76.0 Å². The van der Waals surface area contributed by atoms with Crippen molar-refractivity contribution in [3.8, 4) is 0 Å². The molecule has 0 bridgehead atoms. The second-order valence-electron chi connectivity index (χ2n) is 8.85. The van der Waals surface area contributed by atoms with E-state index in [0.717, 1.165) is 4.90 Å². The molecule has 4 amide bonds. The first kappa shape index (κ1) is 28.2. The molecule has 1 atom stereocenters. The molecular formula is C30H21Cl2N3O5S. The molecule has 1 aromatic heterocycles. The average Bonchev–Trinajstić information content (AvgIpc) is 3.57. The lowest BCUT2D eigenvalue weighted by atomic mass is 10.2. The number of amides is 4. The number of carbonyl (C=O) groups excluding carboxylic acids is 4. The summed E-state index contributed by atoms with van der Waals surface area (Å²) >= 11 is 13.3. The van der Waals surface area contributed by atoms with Gasteiger partial charge in [0.2, 0.25) is 11.8 Å². The quantitative estimate of drug-likeness (QED) is 0.177. The largest absolute Gasteiger partial charge is 0.465 e. The van der Waals surface area contributed by atoms with E-state index in [1.807, 2.05) is 0 Å². The number of carbonyl (C=O) groups is 4. The molecule has 1 fully saturated rings. The molecule has 4 aromatic rings. The van der Waals surface area contributed by atoms with Gasteiger partial charge in [-0.2, -0.15) is 0 Å². The van der Waals surface area contributed by atoms with Gasteiger partial charge in [-0.1, -0.05) is 47.5 Å². The minimum absolute atomic E-state index is 0.00187. The number of rotatable bonds is 8. The van der Waals surface area contributed by atoms with E-state index in [1.54, 1.807) is 72.8 Å². The van der Waals surface area contributed by atoms with Gasteiger partial charge in [-0.25, -0.2) is 4.90 Å². The first-order valence-corrected chi connectivity index (χ1v) is 13.9. The molecule has 1 aliphatic rings. The lowest BCUT2D eigenvalue weighted by Gasteiger charge is -2.16. The fourth-order valence-electron chi connectivity index (χ4n) is 4.06. The van der Waals surface area contributed by atoms with Gasteiger partial charge in [-0.15, -0.1) is 11.8 Å². The fraction of sp³-hybridized carbons (Fsp3) is 0.0667. The Hall–Kier alpha value is -4.31. The second kappa shape index (κ2) is 12.5. The molecule has 1 saturated heterocycles. The summed E-state index contributed by atoms with van der Waals surface area (Å²) < 4.78 is 5.33. The SMILES string of the molecule is O=C(Nc1cccc(SC2CC(=O)N(c3ccc(Cl)c(Cl)c3)C2=O)c1)/C(=C/c1ccco1)NC(=O)c1ccccc1. The van der Waals surface area contributed by atoms with Crippen LogP contribution in [0, 0.1) is 0 Å². The lowest BCUT2D eigenvalue weighted by Crippen LogP contribution is -2.31. The number of anilines is 2. The zero-order valence-corrected chi connectivity index (χ0v) is 23.5. The molecule has 11 heteroatoms. The summed E-state index contributed by atoms with van der Waals surface area (Å²) in [6, 6.07) is 23.3. The highest BCUT2D eigenvalue weighted by Gasteiger charge is 2.40. The maximum atomic E-state index is 13.2. The van der Waals surface area contributed by atoms with Gasteiger partial charge in [0.15, 0.2) is 0 Å². The topological polar surface area (TPSA) is 109 Å². The van der Waals surface area contributed by atoms with E-state index in [4.69, 9.17) is 27.6 Å². The molecular weight excluding hydrogens is 585 g/mol. The standard InChI is InChI=1S/C30H21Cl2N3O5S/c31-23-12-11-20(15-24(23)32)35-27(36)17-26(30(35)39)41-22-10-4-8-19(14-22)33-29(38)25(16-21-9-5-13-40-21)34-28(37)18-6-2-1-3-7-18/h1-16,26H,17H2,(H,33,38)(H,34,37)/b25-16-. The number of thioether (sulfide) groups is 1. The van der Waals surface area contributed by atoms with E-state index < -0.39 is 17.1 Å². The van der Waals surface area contributed by atoms with Crippen LogP contribution in [0.4, 0.5) is 11.4 Å². The molecule has 5 rings (SSSR count). The Morgan fingerprint density at radius 3 is 2.46 bits per heavy atom. The van der Waals surface area contributed by atoms with Crippen LogP contribution in [-0.4, -0.2) is 28.9 Å². The number of benzene rings is 3. The Labute approximate surface area is 249 Å². The monoisotopic (exact) mass is 605 g/mol. The number of hydrogen-bond donors (Lipinski definition) is 2. The molecule has 2 heterocycles. The zero-order valence-electron chi connectivity index (χ0n) is 21.2. The second-order valence-corrected chi connectivity index (χ2v) is 10.9. The Kier molecular flexibility index (Phi) is 8.58. The summed E-state index contributed by atoms with van der Waals surface area (Å²) in [6.45, 7) is 0. The summed E-state index contributed by atoms with van der Waals surface area (Å²) in [4.78, 5) is 53.6. The number of furan rings is 1. The predicted molar refractivity (Wildman–Crippen MR) is 159 cm³/mol. The molecule has 0 spiro atoms. The summed E-state index contributed by atoms with van der Waals surface area (Å²) in [5.41, 5.74) is 1.14. The van der Waals surface area contributed by atoms with E-state index in [9.17, 15) is 19.2 Å². The Balaban J connectivity index is 1.30. The van der Waals surface area contributed by atoms with Crippen molar-refractivity contribution in [2.45, 2.75) is 16.6 Å². The zero-order chi connectivity index (χ0) is 28.9. The van der Waals surface area contributed by atoms with E-state index >= 15 is 0 Å². The molecule has 206 valence electrons. The Bertz CT molecular complexity index is 1660. The van der Waals surface area contributed by atoms with Crippen LogP contribution in [0.2, 0.25) is 10.0 Å². The van der Waals surface area contributed by atoms with Gasteiger partial charge in [-0.3, -0.25) is 19.2 Å². The number of nitrogens with one attached hydrogen (secondary N) is 2. The molecule has 0 aliphatic carbocycles. The van der Waals surface area contributed by atoms with Crippen molar-refractivity contribution < 1.29 is 23.6 Å². The fourth-order valence-corrected chi connectivity index (χ4v) is 5.46. The average molecular weight is 606 g/mol. The smallest absolute Gasteiger partial charge is 0.272 e. The van der Waals surface area contributed by atoms with Crippen molar-refractivity contribution in [3.05, 3.63) is 118 Å². The normalized spacial score (nSPS) is 15.2. The minimum Gasteiger partial charge on any atom is -0.465 e. The van der Waals surface area contributed by atoms with Gasteiger partial charge >= 0.3 is 0 Å². The summed E-state index contributed by atoms with van der Waals surface area (Å²) in [7, 11) is 0. The van der Waals surface area contributed by atoms with Crippen LogP contribution in [0.1, 0.15) is 22.5 Å². The molecule has 0 radical (unpaired) electrons. The van der Waals surface area contributed by atoms with Crippen LogP contribution in [0.25, 0.3) is 6.08 Å². The third-order valence-electron chi connectivity index (χ3n) is 6.00. The highest BCUT2D eigenvalue weighted by molar-refractivity contribution is 8.00. The van der Waals surface area contributed by atoms with E-state index in [1.165, 1.54) is 36.2 Å². The molecule has 2 N–H and O–H groups in total. The summed E-state index contributed by atoms with van der Waals surface area (Å²) in [5.74, 6) is -1.38. The Morgan fingerprint density at radius 1 is 0.927 bits per heavy atom. The van der Waals surface area contributed by atoms with E-state index in [2.05, 4.69) is 10.6 Å². The summed E-state index contributed by atoms with van der Waals surface area (Å²) in [5, 5.41) is 5.32. The number of imide groups is 1. The first-order valence-electron chi connectivity index (χ1n) is 12.3. The highest BCUT2D eigenvalue weighted by atomic mass is 35.5. The molecule has 1 aliphatic heterocycles. The van der Waals surface area contributed by atoms with Crippen molar-refractivity contribution in [1.29, 1.82) is 0 Å². The number of nitrogens with zero attached hydrogens (tertiary/aromatic N) is 1. The lowest BCUT2D eigenvalue weighted by molar-refractivity contribution is -0.121. The first-order chi connectivity index (χ1) is 19.8. The number of hydrogen-bond acceptors (Lipinski definition) is 6. The Morgan fingerprint density at radius 2 is 1.73 bits per heavy atom. The van der Waals surface area contributed by atoms with Gasteiger partial charge in [0.1, 0.15) is 11.5 Å². The maximum absolute atomic E-state index is 13.2. The van der Waals surface area contributed by atoms with Gasteiger partial charge in [-0.05, 0) is 60.7 Å². The van der Waals surface area contributed by atoms with Crippen LogP contribution in [0.15, 0.2) is 106 Å². The molecule has 0 saturated carbocycles. The van der Waals surface area contributed by atoms with Gasteiger partial charge < -0.3 is 15.1 Å². The van der Waals surface area contributed by atoms with Crippen LogP contribution in [-0.2, 0) is 14.4 Å². The molecule has 3 aromatic carbocycles. The third-order valence-corrected chi connectivity index (χ3v) is 7.91. The molecule has 41 heavy (non-hydrogen) atoms. The van der Waals surface area contributed by atoms with Crippen LogP contribution in [0.3, 0.4) is 0 Å². The molecule has 8 nitrogen and oxygen atoms in total. The van der Waals surface area contributed by atoms with Crippen molar-refractivity contribution in [1.82, 2.24) is 5.32 Å². The highest BCUT2D eigenvalue weighted by Crippen LogP contribution is 2.36. The van der Waals surface area contributed by atoms with Gasteiger partial charge in [0, 0.05) is 28.6 Å². The van der Waals surface area contributed by atoms with E-state index in [0.29, 0.717) is 32.6 Å². The van der Waals surface area contributed by atoms with E-state index in [-0.39, 0.29) is 29.0 Å². The van der Waals surface area contributed by atoms with Gasteiger partial charge in [0.25, 0.3) is 11.8 Å².